The Hall–Kier alpha value is -1.22. The molecular formula is C14H20ClNO2. The standard InChI is InChI=1S/C14H19NO2.ClH/c1-9-6-5-7-10(2)11(9)12-14(3,4)8-17-13(16)15-12;/h5-7,12H,8H2,1-4H3,(H,15,16);1H/t12-;/m0./s1. The summed E-state index contributed by atoms with van der Waals surface area (Å²) in [5.41, 5.74) is 3.55. The van der Waals surface area contributed by atoms with Crippen LogP contribution in [-0.2, 0) is 4.74 Å². The minimum absolute atomic E-state index is 0. The predicted octanol–water partition coefficient (Wildman–Crippen LogP) is 3.53. The molecule has 1 heterocycles. The van der Waals surface area contributed by atoms with E-state index in [2.05, 4.69) is 45.1 Å². The summed E-state index contributed by atoms with van der Waals surface area (Å²) < 4.78 is 5.07. The van der Waals surface area contributed by atoms with Crippen LogP contribution in [0.15, 0.2) is 18.2 Å². The minimum atomic E-state index is -0.322. The number of nitrogens with one attached hydrogen (secondary N) is 1. The normalized spacial score (nSPS) is 21.6. The lowest BCUT2D eigenvalue weighted by atomic mass is 9.77. The highest BCUT2D eigenvalue weighted by molar-refractivity contribution is 5.85. The molecule has 18 heavy (non-hydrogen) atoms. The monoisotopic (exact) mass is 269 g/mol. The van der Waals surface area contributed by atoms with E-state index in [1.54, 1.807) is 0 Å². The lowest BCUT2D eigenvalue weighted by Crippen LogP contribution is -2.47. The molecule has 2 rings (SSSR count). The Morgan fingerprint density at radius 2 is 1.83 bits per heavy atom. The second-order valence-corrected chi connectivity index (χ2v) is 5.45. The van der Waals surface area contributed by atoms with Crippen LogP contribution in [-0.4, -0.2) is 12.7 Å². The largest absolute Gasteiger partial charge is 0.449 e. The quantitative estimate of drug-likeness (QED) is 0.847. The van der Waals surface area contributed by atoms with Gasteiger partial charge < -0.3 is 10.1 Å². The van der Waals surface area contributed by atoms with Crippen LogP contribution in [0.2, 0.25) is 0 Å². The van der Waals surface area contributed by atoms with Gasteiger partial charge in [0.05, 0.1) is 6.04 Å². The van der Waals surface area contributed by atoms with Gasteiger partial charge in [0.2, 0.25) is 0 Å². The maximum atomic E-state index is 11.4. The van der Waals surface area contributed by atoms with E-state index >= 15 is 0 Å². The first-order chi connectivity index (χ1) is 7.92. The summed E-state index contributed by atoms with van der Waals surface area (Å²) in [4.78, 5) is 11.4. The molecule has 1 fully saturated rings. The van der Waals surface area contributed by atoms with Gasteiger partial charge in [-0.15, -0.1) is 12.4 Å². The molecule has 0 aliphatic carbocycles. The first-order valence-corrected chi connectivity index (χ1v) is 5.91. The fraction of sp³-hybridized carbons (Fsp3) is 0.500. The number of aryl methyl sites for hydroxylation is 2. The van der Waals surface area contributed by atoms with Crippen molar-refractivity contribution in [3.63, 3.8) is 0 Å². The summed E-state index contributed by atoms with van der Waals surface area (Å²) in [5.74, 6) is 0. The van der Waals surface area contributed by atoms with Crippen molar-refractivity contribution in [2.24, 2.45) is 5.41 Å². The summed E-state index contributed by atoms with van der Waals surface area (Å²) in [6.07, 6.45) is -0.322. The Labute approximate surface area is 114 Å². The number of halogens is 1. The van der Waals surface area contributed by atoms with Gasteiger partial charge >= 0.3 is 6.09 Å². The SMILES string of the molecule is Cc1cccc(C)c1[C@@H]1NC(=O)OCC1(C)C.Cl. The number of benzene rings is 1. The number of carbonyl (C=O) groups excluding carboxylic acids is 1. The van der Waals surface area contributed by atoms with Crippen molar-refractivity contribution in [3.8, 4) is 0 Å². The van der Waals surface area contributed by atoms with Crippen molar-refractivity contribution in [2.75, 3.05) is 6.61 Å². The zero-order valence-corrected chi connectivity index (χ0v) is 12.1. The van der Waals surface area contributed by atoms with Gasteiger partial charge in [-0.05, 0) is 30.5 Å². The van der Waals surface area contributed by atoms with Gasteiger partial charge in [0.1, 0.15) is 6.61 Å². The van der Waals surface area contributed by atoms with Crippen molar-refractivity contribution in [1.82, 2.24) is 5.32 Å². The van der Waals surface area contributed by atoms with Crippen molar-refractivity contribution >= 4 is 18.5 Å². The van der Waals surface area contributed by atoms with E-state index in [9.17, 15) is 4.79 Å². The van der Waals surface area contributed by atoms with E-state index in [4.69, 9.17) is 4.74 Å². The number of cyclic esters (lactones) is 1. The van der Waals surface area contributed by atoms with Crippen LogP contribution in [0.4, 0.5) is 4.79 Å². The number of hydrogen-bond donors (Lipinski definition) is 1. The zero-order chi connectivity index (χ0) is 12.6. The molecule has 1 aromatic carbocycles. The lowest BCUT2D eigenvalue weighted by molar-refractivity contribution is 0.0384. The summed E-state index contributed by atoms with van der Waals surface area (Å²) in [6, 6.07) is 6.23. The Balaban J connectivity index is 0.00000162. The molecule has 100 valence electrons. The summed E-state index contributed by atoms with van der Waals surface area (Å²) in [5, 5.41) is 2.94. The van der Waals surface area contributed by atoms with E-state index in [-0.39, 0.29) is 30.0 Å². The summed E-state index contributed by atoms with van der Waals surface area (Å²) >= 11 is 0. The molecule has 3 nitrogen and oxygen atoms in total. The number of ether oxygens (including phenoxy) is 1. The van der Waals surface area contributed by atoms with Crippen LogP contribution in [0.25, 0.3) is 0 Å². The van der Waals surface area contributed by atoms with Gasteiger partial charge in [0, 0.05) is 5.41 Å². The first-order valence-electron chi connectivity index (χ1n) is 5.91. The molecule has 0 aromatic heterocycles. The molecule has 1 aromatic rings. The van der Waals surface area contributed by atoms with E-state index in [0.29, 0.717) is 6.61 Å². The minimum Gasteiger partial charge on any atom is -0.449 e. The highest BCUT2D eigenvalue weighted by atomic mass is 35.5. The molecule has 4 heteroatoms. The number of amides is 1. The first kappa shape index (κ1) is 14.8. The predicted molar refractivity (Wildman–Crippen MR) is 74.2 cm³/mol. The molecule has 1 saturated heterocycles. The van der Waals surface area contributed by atoms with Gasteiger partial charge in [-0.1, -0.05) is 32.0 Å². The smallest absolute Gasteiger partial charge is 0.407 e. The van der Waals surface area contributed by atoms with Crippen LogP contribution in [0.5, 0.6) is 0 Å². The third kappa shape index (κ3) is 2.61. The average molecular weight is 270 g/mol. The van der Waals surface area contributed by atoms with Gasteiger partial charge in [-0.25, -0.2) is 4.79 Å². The fourth-order valence-corrected chi connectivity index (χ4v) is 2.44. The molecule has 0 bridgehead atoms. The van der Waals surface area contributed by atoms with Gasteiger partial charge in [0.25, 0.3) is 0 Å². The molecule has 0 saturated carbocycles. The van der Waals surface area contributed by atoms with Crippen LogP contribution in [0, 0.1) is 19.3 Å². The van der Waals surface area contributed by atoms with Gasteiger partial charge in [-0.2, -0.15) is 0 Å². The van der Waals surface area contributed by atoms with Crippen molar-refractivity contribution in [3.05, 3.63) is 34.9 Å². The Morgan fingerprint density at radius 3 is 2.39 bits per heavy atom. The van der Waals surface area contributed by atoms with Crippen molar-refractivity contribution in [1.29, 1.82) is 0 Å². The second kappa shape index (κ2) is 5.19. The van der Waals surface area contributed by atoms with Crippen LogP contribution >= 0.6 is 12.4 Å². The van der Waals surface area contributed by atoms with E-state index in [1.807, 2.05) is 6.07 Å². The van der Waals surface area contributed by atoms with E-state index in [1.165, 1.54) is 16.7 Å². The summed E-state index contributed by atoms with van der Waals surface area (Å²) in [7, 11) is 0. The average Bonchev–Trinajstić information content (AvgIpc) is 2.23. The Bertz CT molecular complexity index is 437. The number of carbonyl (C=O) groups is 1. The van der Waals surface area contributed by atoms with E-state index < -0.39 is 0 Å². The highest BCUT2D eigenvalue weighted by Crippen LogP contribution is 2.38. The Kier molecular flexibility index (Phi) is 4.28. The van der Waals surface area contributed by atoms with Crippen LogP contribution in [0.1, 0.15) is 36.6 Å². The topological polar surface area (TPSA) is 38.3 Å². The molecule has 1 atom stereocenters. The lowest BCUT2D eigenvalue weighted by Gasteiger charge is -2.39. The maximum absolute atomic E-state index is 11.4. The Morgan fingerprint density at radius 1 is 1.28 bits per heavy atom. The molecule has 1 N–H and O–H groups in total. The number of alkyl carbamates (subject to hydrolysis) is 1. The molecule has 1 aliphatic rings. The van der Waals surface area contributed by atoms with E-state index in [0.717, 1.165) is 0 Å². The van der Waals surface area contributed by atoms with Crippen LogP contribution in [0.3, 0.4) is 0 Å². The van der Waals surface area contributed by atoms with Crippen molar-refractivity contribution < 1.29 is 9.53 Å². The third-order valence-electron chi connectivity index (χ3n) is 3.45. The molecule has 0 spiro atoms. The van der Waals surface area contributed by atoms with Crippen molar-refractivity contribution in [2.45, 2.75) is 33.7 Å². The molecule has 1 aliphatic heterocycles. The molecule has 0 radical (unpaired) electrons. The molecule has 0 unspecified atom stereocenters. The van der Waals surface area contributed by atoms with Gasteiger partial charge in [-0.3, -0.25) is 0 Å². The van der Waals surface area contributed by atoms with Gasteiger partial charge in [0.15, 0.2) is 0 Å². The maximum Gasteiger partial charge on any atom is 0.407 e. The fourth-order valence-electron chi connectivity index (χ4n) is 2.44. The summed E-state index contributed by atoms with van der Waals surface area (Å²) in [6.45, 7) is 8.85. The highest BCUT2D eigenvalue weighted by Gasteiger charge is 2.39. The molecule has 1 amide bonds. The van der Waals surface area contributed by atoms with Crippen LogP contribution < -0.4 is 5.32 Å². The zero-order valence-electron chi connectivity index (χ0n) is 11.2. The third-order valence-corrected chi connectivity index (χ3v) is 3.45. The second-order valence-electron chi connectivity index (χ2n) is 5.45. The number of hydrogen-bond acceptors (Lipinski definition) is 2. The molecular weight excluding hydrogens is 250 g/mol. The number of rotatable bonds is 1.